The van der Waals surface area contributed by atoms with Crippen LogP contribution in [0.4, 0.5) is 8.78 Å². The first kappa shape index (κ1) is 19.0. The van der Waals surface area contributed by atoms with Crippen LogP contribution >= 0.6 is 0 Å². The van der Waals surface area contributed by atoms with E-state index in [1.807, 2.05) is 18.2 Å². The van der Waals surface area contributed by atoms with Crippen molar-refractivity contribution < 1.29 is 13.9 Å². The minimum absolute atomic E-state index is 0.140. The molecule has 2 aromatic carbocycles. The van der Waals surface area contributed by atoms with Gasteiger partial charge < -0.3 is 10.4 Å². The lowest BCUT2D eigenvalue weighted by atomic mass is 9.93. The summed E-state index contributed by atoms with van der Waals surface area (Å²) in [6, 6.07) is 12.1. The Morgan fingerprint density at radius 1 is 1.00 bits per heavy atom. The van der Waals surface area contributed by atoms with Gasteiger partial charge in [0.25, 0.3) is 0 Å². The first-order valence-electron chi connectivity index (χ1n) is 9.24. The smallest absolute Gasteiger partial charge is 0.123 e. The molecule has 0 amide bonds. The predicted molar refractivity (Wildman–Crippen MR) is 99.2 cm³/mol. The van der Waals surface area contributed by atoms with E-state index in [9.17, 15) is 8.78 Å². The van der Waals surface area contributed by atoms with E-state index in [2.05, 4.69) is 10.2 Å². The van der Waals surface area contributed by atoms with Crippen LogP contribution in [0.3, 0.4) is 0 Å². The average molecular weight is 360 g/mol. The molecule has 26 heavy (non-hydrogen) atoms. The van der Waals surface area contributed by atoms with Crippen LogP contribution in [0.2, 0.25) is 0 Å². The summed E-state index contributed by atoms with van der Waals surface area (Å²) in [7, 11) is 0. The Hall–Kier alpha value is -1.82. The summed E-state index contributed by atoms with van der Waals surface area (Å²) in [6.07, 6.45) is 0.935. The van der Waals surface area contributed by atoms with Crippen LogP contribution in [0.5, 0.6) is 0 Å². The van der Waals surface area contributed by atoms with Crippen LogP contribution < -0.4 is 5.32 Å². The average Bonchev–Trinajstić information content (AvgIpc) is 3.02. The maximum absolute atomic E-state index is 13.8. The number of nitrogens with one attached hydrogen (secondary N) is 1. The van der Waals surface area contributed by atoms with Gasteiger partial charge in [0.15, 0.2) is 0 Å². The molecular weight excluding hydrogens is 334 g/mol. The van der Waals surface area contributed by atoms with Gasteiger partial charge in [-0.05, 0) is 54.3 Å². The molecule has 1 heterocycles. The molecule has 4 rings (SSSR count). The molecule has 0 spiro atoms. The number of fused-ring (bicyclic) bond motifs is 1. The van der Waals surface area contributed by atoms with Gasteiger partial charge in [-0.1, -0.05) is 18.2 Å². The van der Waals surface area contributed by atoms with Crippen molar-refractivity contribution in [2.45, 2.75) is 25.3 Å². The second-order valence-electron chi connectivity index (χ2n) is 6.73. The van der Waals surface area contributed by atoms with E-state index in [1.54, 1.807) is 19.1 Å². The van der Waals surface area contributed by atoms with E-state index in [0.717, 1.165) is 43.7 Å². The molecule has 0 saturated carbocycles. The summed E-state index contributed by atoms with van der Waals surface area (Å²) in [6.45, 7) is 5.94. The largest absolute Gasteiger partial charge is 0.397 e. The van der Waals surface area contributed by atoms with Crippen LogP contribution in [0.1, 0.15) is 42.0 Å². The van der Waals surface area contributed by atoms with Gasteiger partial charge in [0.2, 0.25) is 0 Å². The molecular formula is C21H26F2N2O. The molecule has 1 aliphatic heterocycles. The minimum atomic E-state index is -0.232. The third kappa shape index (κ3) is 4.11. The van der Waals surface area contributed by atoms with E-state index in [-0.39, 0.29) is 24.2 Å². The van der Waals surface area contributed by atoms with Crippen molar-refractivity contribution in [3.8, 4) is 0 Å². The van der Waals surface area contributed by atoms with Gasteiger partial charge in [0.1, 0.15) is 11.6 Å². The standard InChI is InChI=1S/C19H20F2N2.C2H6O/c20-14-3-1-13(2-4-14)17-12-19(23-9-7-22-8-10-23)16-6-5-15(21)11-18(16)17;1-2-3/h1-6,11,17,19,22H,7-10,12H2;3H,2H2,1H3. The van der Waals surface area contributed by atoms with Crippen molar-refractivity contribution in [2.75, 3.05) is 32.8 Å². The zero-order valence-electron chi connectivity index (χ0n) is 15.1. The number of hydrogen-bond donors (Lipinski definition) is 2. The van der Waals surface area contributed by atoms with Gasteiger partial charge >= 0.3 is 0 Å². The number of rotatable bonds is 2. The molecule has 0 radical (unpaired) electrons. The van der Waals surface area contributed by atoms with E-state index in [1.165, 1.54) is 17.7 Å². The minimum Gasteiger partial charge on any atom is -0.397 e. The second kappa shape index (κ2) is 8.71. The van der Waals surface area contributed by atoms with E-state index < -0.39 is 0 Å². The van der Waals surface area contributed by atoms with Gasteiger partial charge in [-0.2, -0.15) is 0 Å². The van der Waals surface area contributed by atoms with E-state index in [0.29, 0.717) is 6.04 Å². The molecule has 0 aromatic heterocycles. The highest BCUT2D eigenvalue weighted by Gasteiger charge is 2.35. The molecule has 0 bridgehead atoms. The maximum Gasteiger partial charge on any atom is 0.123 e. The van der Waals surface area contributed by atoms with Crippen molar-refractivity contribution in [3.63, 3.8) is 0 Å². The fourth-order valence-corrected chi connectivity index (χ4v) is 3.98. The van der Waals surface area contributed by atoms with Gasteiger partial charge in [-0.25, -0.2) is 8.78 Å². The van der Waals surface area contributed by atoms with Crippen molar-refractivity contribution in [2.24, 2.45) is 0 Å². The normalized spacial score (nSPS) is 22.5. The van der Waals surface area contributed by atoms with Crippen LogP contribution in [0, 0.1) is 11.6 Å². The molecule has 5 heteroatoms. The number of hydrogen-bond acceptors (Lipinski definition) is 3. The summed E-state index contributed by atoms with van der Waals surface area (Å²) in [5, 5.41) is 10.9. The van der Waals surface area contributed by atoms with Gasteiger partial charge in [-0.15, -0.1) is 0 Å². The maximum atomic E-state index is 13.8. The lowest BCUT2D eigenvalue weighted by Crippen LogP contribution is -2.44. The molecule has 2 aliphatic rings. The Balaban J connectivity index is 0.000000613. The van der Waals surface area contributed by atoms with Crippen LogP contribution in [-0.4, -0.2) is 42.8 Å². The summed E-state index contributed by atoms with van der Waals surface area (Å²) < 4.78 is 27.0. The molecule has 140 valence electrons. The lowest BCUT2D eigenvalue weighted by molar-refractivity contribution is 0.171. The molecule has 2 N–H and O–H groups in total. The van der Waals surface area contributed by atoms with Gasteiger partial charge in [0, 0.05) is 44.7 Å². The molecule has 1 fully saturated rings. The van der Waals surface area contributed by atoms with Crippen molar-refractivity contribution >= 4 is 0 Å². The fraction of sp³-hybridized carbons (Fsp3) is 0.429. The quantitative estimate of drug-likeness (QED) is 0.861. The highest BCUT2D eigenvalue weighted by atomic mass is 19.1. The lowest BCUT2D eigenvalue weighted by Gasteiger charge is -2.33. The van der Waals surface area contributed by atoms with E-state index in [4.69, 9.17) is 5.11 Å². The zero-order chi connectivity index (χ0) is 18.5. The number of piperazine rings is 1. The Labute approximate surface area is 153 Å². The number of benzene rings is 2. The molecule has 2 aromatic rings. The van der Waals surface area contributed by atoms with Crippen LogP contribution in [-0.2, 0) is 0 Å². The summed E-state index contributed by atoms with van der Waals surface area (Å²) in [5.41, 5.74) is 3.35. The molecule has 2 unspecified atom stereocenters. The van der Waals surface area contributed by atoms with Crippen molar-refractivity contribution in [1.82, 2.24) is 10.2 Å². The SMILES string of the molecule is CCO.Fc1ccc(C2CC(N3CCNCC3)c3ccc(F)cc32)cc1. The molecule has 1 aliphatic carbocycles. The highest BCUT2D eigenvalue weighted by molar-refractivity contribution is 5.45. The molecule has 1 saturated heterocycles. The first-order chi connectivity index (χ1) is 12.6. The number of aliphatic hydroxyl groups excluding tert-OH is 1. The third-order valence-electron chi connectivity index (χ3n) is 5.11. The van der Waals surface area contributed by atoms with Gasteiger partial charge in [-0.3, -0.25) is 4.90 Å². The Bertz CT molecular complexity index is 714. The van der Waals surface area contributed by atoms with Gasteiger partial charge in [0.05, 0.1) is 0 Å². The second-order valence-corrected chi connectivity index (χ2v) is 6.73. The molecule has 3 nitrogen and oxygen atoms in total. The zero-order valence-corrected chi connectivity index (χ0v) is 15.1. The summed E-state index contributed by atoms with van der Waals surface area (Å²) in [4.78, 5) is 2.48. The number of aliphatic hydroxyl groups is 1. The Morgan fingerprint density at radius 2 is 1.62 bits per heavy atom. The summed E-state index contributed by atoms with van der Waals surface area (Å²) in [5.74, 6) is -0.289. The number of halogens is 2. The summed E-state index contributed by atoms with van der Waals surface area (Å²) >= 11 is 0. The number of nitrogens with zero attached hydrogens (tertiary/aromatic N) is 1. The monoisotopic (exact) mass is 360 g/mol. The Kier molecular flexibility index (Phi) is 6.35. The predicted octanol–water partition coefficient (Wildman–Crippen LogP) is 3.45. The Morgan fingerprint density at radius 3 is 2.27 bits per heavy atom. The topological polar surface area (TPSA) is 35.5 Å². The highest BCUT2D eigenvalue weighted by Crippen LogP contribution is 2.46. The fourth-order valence-electron chi connectivity index (χ4n) is 3.98. The van der Waals surface area contributed by atoms with Crippen LogP contribution in [0.25, 0.3) is 0 Å². The van der Waals surface area contributed by atoms with Crippen molar-refractivity contribution in [1.29, 1.82) is 0 Å². The first-order valence-corrected chi connectivity index (χ1v) is 9.24. The van der Waals surface area contributed by atoms with Crippen molar-refractivity contribution in [3.05, 3.63) is 70.8 Å². The van der Waals surface area contributed by atoms with Crippen LogP contribution in [0.15, 0.2) is 42.5 Å². The third-order valence-corrected chi connectivity index (χ3v) is 5.11. The van der Waals surface area contributed by atoms with E-state index >= 15 is 0 Å². The molecule has 2 atom stereocenters.